The van der Waals surface area contributed by atoms with Crippen LogP contribution in [-0.2, 0) is 10.8 Å². The van der Waals surface area contributed by atoms with E-state index in [0.717, 1.165) is 34.1 Å². The molecule has 7 aromatic carbocycles. The molecule has 1 aromatic heterocycles. The van der Waals surface area contributed by atoms with Gasteiger partial charge in [0, 0.05) is 16.7 Å². The lowest BCUT2D eigenvalue weighted by molar-refractivity contribution is -0.0281. The van der Waals surface area contributed by atoms with Crippen molar-refractivity contribution >= 4 is 10.8 Å². The summed E-state index contributed by atoms with van der Waals surface area (Å²) in [6.45, 7) is 0. The summed E-state index contributed by atoms with van der Waals surface area (Å²) in [5.41, 5.74) is 11.9. The Morgan fingerprint density at radius 2 is 0.793 bits per heavy atom. The van der Waals surface area contributed by atoms with Gasteiger partial charge in [0.25, 0.3) is 0 Å². The van der Waals surface area contributed by atoms with E-state index < -0.39 is 0 Å². The highest BCUT2D eigenvalue weighted by Gasteiger charge is 2.58. The van der Waals surface area contributed by atoms with E-state index in [0.29, 0.717) is 23.0 Å². The van der Waals surface area contributed by atoms with E-state index in [1.54, 1.807) is 0 Å². The zero-order chi connectivity index (χ0) is 38.7. The van der Waals surface area contributed by atoms with Crippen LogP contribution in [0, 0.1) is 23.2 Å². The third-order valence-corrected chi connectivity index (χ3v) is 13.6. The van der Waals surface area contributed by atoms with E-state index >= 15 is 0 Å². The zero-order valence-electron chi connectivity index (χ0n) is 32.4. The van der Waals surface area contributed by atoms with Crippen LogP contribution in [0.25, 0.3) is 67.2 Å². The number of fused-ring (bicyclic) bond motifs is 1. The molecule has 0 N–H and O–H groups in total. The van der Waals surface area contributed by atoms with Crippen LogP contribution in [0.3, 0.4) is 0 Å². The second-order valence-corrected chi connectivity index (χ2v) is 17.1. The van der Waals surface area contributed by atoms with E-state index in [4.69, 9.17) is 15.0 Å². The highest BCUT2D eigenvalue weighted by atomic mass is 15.0. The number of rotatable bonds is 7. The topological polar surface area (TPSA) is 62.5 Å². The largest absolute Gasteiger partial charge is 0.208 e. The first-order valence-electron chi connectivity index (χ1n) is 20.7. The van der Waals surface area contributed by atoms with Gasteiger partial charge in [0.05, 0.1) is 11.6 Å². The van der Waals surface area contributed by atoms with E-state index in [9.17, 15) is 5.26 Å². The summed E-state index contributed by atoms with van der Waals surface area (Å²) in [4.78, 5) is 14.9. The van der Waals surface area contributed by atoms with E-state index in [-0.39, 0.29) is 10.8 Å². The van der Waals surface area contributed by atoms with Crippen LogP contribution < -0.4 is 0 Å². The molecule has 0 radical (unpaired) electrons. The molecule has 4 heteroatoms. The molecule has 4 saturated carbocycles. The third-order valence-electron chi connectivity index (χ3n) is 13.6. The second-order valence-electron chi connectivity index (χ2n) is 17.1. The quantitative estimate of drug-likeness (QED) is 0.163. The Balaban J connectivity index is 0.904. The molecule has 0 saturated heterocycles. The number of hydrogen-bond donors (Lipinski definition) is 0. The molecule has 1 heterocycles. The summed E-state index contributed by atoms with van der Waals surface area (Å²) >= 11 is 0. The van der Waals surface area contributed by atoms with E-state index in [1.165, 1.54) is 77.1 Å². The molecular weight excluding hydrogens is 705 g/mol. The Bertz CT molecular complexity index is 2770. The lowest BCUT2D eigenvalue weighted by Gasteiger charge is -2.63. The fourth-order valence-electron chi connectivity index (χ4n) is 11.4. The van der Waals surface area contributed by atoms with Gasteiger partial charge in [0.2, 0.25) is 0 Å². The molecule has 0 spiro atoms. The van der Waals surface area contributed by atoms with Crippen LogP contribution in [0.4, 0.5) is 0 Å². The van der Waals surface area contributed by atoms with Crippen molar-refractivity contribution < 1.29 is 0 Å². The maximum atomic E-state index is 9.32. The first kappa shape index (κ1) is 34.5. The summed E-state index contributed by atoms with van der Waals surface area (Å²) in [5, 5.41) is 11.8. The third kappa shape index (κ3) is 5.93. The zero-order valence-corrected chi connectivity index (χ0v) is 32.4. The van der Waals surface area contributed by atoms with Gasteiger partial charge in [-0.1, -0.05) is 158 Å². The van der Waals surface area contributed by atoms with Crippen molar-refractivity contribution in [2.45, 2.75) is 49.4 Å². The summed E-state index contributed by atoms with van der Waals surface area (Å²) in [6.07, 6.45) is 7.72. The number of hydrogen-bond acceptors (Lipinski definition) is 4. The molecule has 4 bridgehead atoms. The normalized spacial score (nSPS) is 21.8. The highest BCUT2D eigenvalue weighted by Crippen LogP contribution is 2.66. The van der Waals surface area contributed by atoms with E-state index in [1.807, 2.05) is 48.5 Å². The SMILES string of the molecule is N#Cc1ccc(-c2ccc(-c3ccc(C45CC6CC(CC(c7ccc(-c8nc(-c9ccccc9)nc(-c9ccccc9)n8)cc7)(C6)C4)C5)cc3)c3ccccc23)cc1. The van der Waals surface area contributed by atoms with Crippen molar-refractivity contribution in [2.24, 2.45) is 11.8 Å². The van der Waals surface area contributed by atoms with Crippen molar-refractivity contribution in [1.82, 2.24) is 15.0 Å². The van der Waals surface area contributed by atoms with Gasteiger partial charge in [-0.2, -0.15) is 5.26 Å². The first-order chi connectivity index (χ1) is 28.5. The molecule has 2 atom stereocenters. The molecule has 4 aliphatic carbocycles. The van der Waals surface area contributed by atoms with Crippen LogP contribution in [-0.4, -0.2) is 15.0 Å². The van der Waals surface area contributed by atoms with Crippen molar-refractivity contribution in [3.63, 3.8) is 0 Å². The lowest BCUT2D eigenvalue weighted by Crippen LogP contribution is -2.55. The van der Waals surface area contributed by atoms with Gasteiger partial charge in [-0.05, 0) is 117 Å². The lowest BCUT2D eigenvalue weighted by atomic mass is 9.41. The van der Waals surface area contributed by atoms with Crippen LogP contribution in [0.1, 0.15) is 55.2 Å². The van der Waals surface area contributed by atoms with Gasteiger partial charge < -0.3 is 0 Å². The monoisotopic (exact) mass is 746 g/mol. The molecule has 2 unspecified atom stereocenters. The minimum absolute atomic E-state index is 0.183. The Kier molecular flexibility index (Phi) is 8.19. The summed E-state index contributed by atoms with van der Waals surface area (Å²) in [5.74, 6) is 3.60. The van der Waals surface area contributed by atoms with Gasteiger partial charge in [-0.25, -0.2) is 15.0 Å². The van der Waals surface area contributed by atoms with Gasteiger partial charge in [0.15, 0.2) is 17.5 Å². The minimum atomic E-state index is 0.183. The summed E-state index contributed by atoms with van der Waals surface area (Å²) < 4.78 is 0. The van der Waals surface area contributed by atoms with Crippen molar-refractivity contribution in [2.75, 3.05) is 0 Å². The number of aromatic nitrogens is 3. The maximum Gasteiger partial charge on any atom is 0.164 e. The molecule has 0 aliphatic heterocycles. The molecule has 0 amide bonds. The summed E-state index contributed by atoms with van der Waals surface area (Å²) in [7, 11) is 0. The van der Waals surface area contributed by atoms with E-state index in [2.05, 4.69) is 127 Å². The van der Waals surface area contributed by atoms with Gasteiger partial charge in [0.1, 0.15) is 0 Å². The fourth-order valence-corrected chi connectivity index (χ4v) is 11.4. The van der Waals surface area contributed by atoms with Crippen LogP contribution in [0.15, 0.2) is 170 Å². The Labute approximate surface area is 340 Å². The smallest absolute Gasteiger partial charge is 0.164 e. The predicted octanol–water partition coefficient (Wildman–Crippen LogP) is 13.0. The Morgan fingerprint density at radius 3 is 1.22 bits per heavy atom. The molecule has 8 aromatic rings. The second kappa shape index (κ2) is 13.7. The molecule has 278 valence electrons. The van der Waals surface area contributed by atoms with Crippen LogP contribution in [0.5, 0.6) is 0 Å². The standard InChI is InChI=1S/C54H42N4/c55-34-36-15-17-39(18-16-36)46-27-28-47(49-14-8-7-13-48(46)49)40-19-23-44(24-20-40)53-30-37-29-38(31-53)33-54(32-37,35-53)45-25-21-43(22-26-45)52-57-50(41-9-3-1-4-10-41)56-51(58-52)42-11-5-2-6-12-42/h1-28,37-38H,29-33,35H2. The maximum absolute atomic E-state index is 9.32. The Morgan fingerprint density at radius 1 is 0.414 bits per heavy atom. The molecular formula is C54H42N4. The van der Waals surface area contributed by atoms with Crippen LogP contribution >= 0.6 is 0 Å². The number of nitrogens with zero attached hydrogens (tertiary/aromatic N) is 4. The molecule has 58 heavy (non-hydrogen) atoms. The van der Waals surface area contributed by atoms with Gasteiger partial charge in [-0.15, -0.1) is 0 Å². The average molecular weight is 747 g/mol. The molecule has 12 rings (SSSR count). The van der Waals surface area contributed by atoms with Crippen molar-refractivity contribution in [3.8, 4) is 62.5 Å². The Hall–Kier alpha value is -6.70. The van der Waals surface area contributed by atoms with Crippen molar-refractivity contribution in [3.05, 3.63) is 187 Å². The minimum Gasteiger partial charge on any atom is -0.208 e. The van der Waals surface area contributed by atoms with Gasteiger partial charge >= 0.3 is 0 Å². The predicted molar refractivity (Wildman–Crippen MR) is 234 cm³/mol. The molecule has 4 aliphatic rings. The van der Waals surface area contributed by atoms with Gasteiger partial charge in [-0.3, -0.25) is 0 Å². The van der Waals surface area contributed by atoms with Crippen LogP contribution in [0.2, 0.25) is 0 Å². The molecule has 4 fully saturated rings. The fraction of sp³-hybridized carbons (Fsp3) is 0.185. The first-order valence-corrected chi connectivity index (χ1v) is 20.7. The number of nitriles is 1. The van der Waals surface area contributed by atoms with Crippen molar-refractivity contribution in [1.29, 1.82) is 5.26 Å². The molecule has 4 nitrogen and oxygen atoms in total. The average Bonchev–Trinajstić information content (AvgIpc) is 3.29. The summed E-state index contributed by atoms with van der Waals surface area (Å²) in [6, 6.07) is 62.8. The number of benzene rings is 7. The highest BCUT2D eigenvalue weighted by molar-refractivity contribution is 6.05.